The number of hydrogen-bond acceptors (Lipinski definition) is 6. The van der Waals surface area contributed by atoms with Gasteiger partial charge in [0.25, 0.3) is 5.91 Å². The second kappa shape index (κ2) is 11.6. The normalized spacial score (nSPS) is 15.9. The number of anilines is 3. The SMILES string of the molecule is CC1CCCCN1CCCNC(=O)c1ccc(-c2cc(N(C)c3ccc(F)cc3F)ccc2O)nc1N. The van der Waals surface area contributed by atoms with Gasteiger partial charge in [0.15, 0.2) is 0 Å². The number of phenols is 1. The van der Waals surface area contributed by atoms with Gasteiger partial charge < -0.3 is 26.0 Å². The number of halogens is 2. The lowest BCUT2D eigenvalue weighted by Gasteiger charge is -2.33. The van der Waals surface area contributed by atoms with E-state index in [1.165, 1.54) is 42.4 Å². The molecular formula is C28H33F2N5O2. The zero-order valence-electron chi connectivity index (χ0n) is 21.2. The van der Waals surface area contributed by atoms with Crippen LogP contribution in [-0.2, 0) is 0 Å². The van der Waals surface area contributed by atoms with Crippen molar-refractivity contribution >= 4 is 23.1 Å². The van der Waals surface area contributed by atoms with Crippen LogP contribution < -0.4 is 16.0 Å². The van der Waals surface area contributed by atoms with Gasteiger partial charge in [-0.2, -0.15) is 0 Å². The number of likely N-dealkylation sites (tertiary alicyclic amines) is 1. The molecule has 1 unspecified atom stereocenters. The number of amides is 1. The summed E-state index contributed by atoms with van der Waals surface area (Å²) in [4.78, 5) is 21.0. The van der Waals surface area contributed by atoms with Gasteiger partial charge in [-0.1, -0.05) is 6.42 Å². The molecule has 9 heteroatoms. The quantitative estimate of drug-likeness (QED) is 0.367. The summed E-state index contributed by atoms with van der Waals surface area (Å²) in [5, 5.41) is 13.4. The molecule has 0 saturated carbocycles. The Balaban J connectivity index is 1.44. The predicted octanol–water partition coefficient (Wildman–Crippen LogP) is 5.08. The Bertz CT molecular complexity index is 1270. The van der Waals surface area contributed by atoms with E-state index in [1.807, 2.05) is 0 Å². The molecule has 2 aromatic carbocycles. The monoisotopic (exact) mass is 509 g/mol. The van der Waals surface area contributed by atoms with Gasteiger partial charge in [0.05, 0.1) is 16.9 Å². The number of pyridine rings is 1. The first kappa shape index (κ1) is 26.3. The van der Waals surface area contributed by atoms with Crippen LogP contribution >= 0.6 is 0 Å². The summed E-state index contributed by atoms with van der Waals surface area (Å²) in [7, 11) is 1.63. The van der Waals surface area contributed by atoms with Crippen LogP contribution in [0.3, 0.4) is 0 Å². The molecule has 4 rings (SSSR count). The van der Waals surface area contributed by atoms with Crippen molar-refractivity contribution < 1.29 is 18.7 Å². The number of benzene rings is 2. The highest BCUT2D eigenvalue weighted by Crippen LogP contribution is 2.35. The number of aromatic nitrogens is 1. The molecule has 2 heterocycles. The van der Waals surface area contributed by atoms with Gasteiger partial charge in [-0.25, -0.2) is 13.8 Å². The van der Waals surface area contributed by atoms with Gasteiger partial charge in [-0.15, -0.1) is 0 Å². The molecule has 1 saturated heterocycles. The highest BCUT2D eigenvalue weighted by atomic mass is 19.1. The Morgan fingerprint density at radius 3 is 2.73 bits per heavy atom. The van der Waals surface area contributed by atoms with Crippen LogP contribution in [0.25, 0.3) is 11.3 Å². The molecule has 196 valence electrons. The lowest BCUT2D eigenvalue weighted by Crippen LogP contribution is -2.39. The molecule has 1 aromatic heterocycles. The second-order valence-corrected chi connectivity index (χ2v) is 9.48. The molecule has 1 fully saturated rings. The number of phenolic OH excluding ortho intramolecular Hbond substituents is 1. The van der Waals surface area contributed by atoms with Crippen LogP contribution in [0.1, 0.15) is 43.0 Å². The maximum absolute atomic E-state index is 14.3. The summed E-state index contributed by atoms with van der Waals surface area (Å²) < 4.78 is 27.6. The topological polar surface area (TPSA) is 94.7 Å². The molecule has 37 heavy (non-hydrogen) atoms. The number of nitrogens with zero attached hydrogens (tertiary/aromatic N) is 3. The molecule has 4 N–H and O–H groups in total. The Hall–Kier alpha value is -3.72. The first-order valence-electron chi connectivity index (χ1n) is 12.6. The van der Waals surface area contributed by atoms with Gasteiger partial charge in [0.2, 0.25) is 0 Å². The molecule has 1 aliphatic heterocycles. The Kier molecular flexibility index (Phi) is 8.23. The van der Waals surface area contributed by atoms with Crippen LogP contribution in [0.2, 0.25) is 0 Å². The maximum atomic E-state index is 14.3. The molecule has 7 nitrogen and oxygen atoms in total. The highest BCUT2D eigenvalue weighted by molar-refractivity contribution is 5.98. The van der Waals surface area contributed by atoms with Gasteiger partial charge in [-0.05, 0) is 75.2 Å². The molecule has 0 spiro atoms. The molecule has 0 radical (unpaired) electrons. The average Bonchev–Trinajstić information content (AvgIpc) is 2.87. The van der Waals surface area contributed by atoms with E-state index in [0.29, 0.717) is 29.5 Å². The molecule has 1 atom stereocenters. The number of nitrogens with one attached hydrogen (secondary N) is 1. The second-order valence-electron chi connectivity index (χ2n) is 9.48. The summed E-state index contributed by atoms with van der Waals surface area (Å²) in [6, 6.07) is 11.8. The largest absolute Gasteiger partial charge is 0.507 e. The van der Waals surface area contributed by atoms with Crippen molar-refractivity contribution in [3.63, 3.8) is 0 Å². The van der Waals surface area contributed by atoms with Crippen molar-refractivity contribution in [3.8, 4) is 17.0 Å². The van der Waals surface area contributed by atoms with E-state index in [1.54, 1.807) is 31.3 Å². The number of carbonyl (C=O) groups is 1. The number of aromatic hydroxyl groups is 1. The van der Waals surface area contributed by atoms with Crippen LogP contribution in [0.4, 0.5) is 26.0 Å². The van der Waals surface area contributed by atoms with E-state index in [2.05, 4.69) is 22.1 Å². The van der Waals surface area contributed by atoms with Crippen molar-refractivity contribution in [3.05, 3.63) is 65.7 Å². The van der Waals surface area contributed by atoms with Crippen LogP contribution in [0.15, 0.2) is 48.5 Å². The van der Waals surface area contributed by atoms with Gasteiger partial charge in [-0.3, -0.25) is 4.79 Å². The van der Waals surface area contributed by atoms with Crippen LogP contribution in [0, 0.1) is 11.6 Å². The van der Waals surface area contributed by atoms with Gasteiger partial charge >= 0.3 is 0 Å². The predicted molar refractivity (Wildman–Crippen MR) is 142 cm³/mol. The van der Waals surface area contributed by atoms with E-state index in [4.69, 9.17) is 5.73 Å². The minimum absolute atomic E-state index is 0.0439. The van der Waals surface area contributed by atoms with Crippen molar-refractivity contribution in [1.29, 1.82) is 0 Å². The van der Waals surface area contributed by atoms with Gasteiger partial charge in [0.1, 0.15) is 23.2 Å². The third kappa shape index (κ3) is 6.17. The van der Waals surface area contributed by atoms with E-state index in [9.17, 15) is 18.7 Å². The van der Waals surface area contributed by atoms with E-state index in [0.717, 1.165) is 25.6 Å². The molecule has 0 bridgehead atoms. The number of piperidine rings is 1. The first-order valence-corrected chi connectivity index (χ1v) is 12.6. The van der Waals surface area contributed by atoms with Crippen LogP contribution in [0.5, 0.6) is 5.75 Å². The fourth-order valence-electron chi connectivity index (χ4n) is 4.72. The third-order valence-corrected chi connectivity index (χ3v) is 6.93. The molecule has 0 aliphatic carbocycles. The number of rotatable bonds is 8. The summed E-state index contributed by atoms with van der Waals surface area (Å²) >= 11 is 0. The Morgan fingerprint density at radius 2 is 2.00 bits per heavy atom. The summed E-state index contributed by atoms with van der Waals surface area (Å²) in [6.07, 6.45) is 4.58. The minimum atomic E-state index is -0.708. The molecule has 3 aromatic rings. The van der Waals surface area contributed by atoms with Crippen molar-refractivity contribution in [2.75, 3.05) is 37.3 Å². The fraction of sp³-hybridized carbons (Fsp3) is 0.357. The average molecular weight is 510 g/mol. The fourth-order valence-corrected chi connectivity index (χ4v) is 4.72. The van der Waals surface area contributed by atoms with Gasteiger partial charge in [0, 0.05) is 43.5 Å². The number of nitrogens with two attached hydrogens (primary N) is 1. The lowest BCUT2D eigenvalue weighted by molar-refractivity contribution is 0.0949. The van der Waals surface area contributed by atoms with E-state index >= 15 is 0 Å². The Morgan fingerprint density at radius 1 is 1.19 bits per heavy atom. The maximum Gasteiger partial charge on any atom is 0.255 e. The van der Waals surface area contributed by atoms with E-state index < -0.39 is 11.6 Å². The zero-order chi connectivity index (χ0) is 26.5. The third-order valence-electron chi connectivity index (χ3n) is 6.93. The van der Waals surface area contributed by atoms with Crippen molar-refractivity contribution in [1.82, 2.24) is 15.2 Å². The molecule has 1 amide bonds. The van der Waals surface area contributed by atoms with Crippen LogP contribution in [-0.4, -0.2) is 53.6 Å². The number of carbonyl (C=O) groups excluding carboxylic acids is 1. The number of hydrogen-bond donors (Lipinski definition) is 3. The minimum Gasteiger partial charge on any atom is -0.507 e. The standard InChI is InChI=1S/C28H33F2N5O2/c1-18-6-3-4-14-35(18)15-5-13-32-28(37)21-9-10-24(33-27(21)31)22-17-20(8-12-26(22)36)34(2)25-11-7-19(29)16-23(25)30/h7-12,16-18,36H,3-6,13-15H2,1-2H3,(H2,31,33)(H,32,37). The first-order chi connectivity index (χ1) is 17.7. The molecule has 1 aliphatic rings. The lowest BCUT2D eigenvalue weighted by atomic mass is 10.0. The highest BCUT2D eigenvalue weighted by Gasteiger charge is 2.19. The summed E-state index contributed by atoms with van der Waals surface area (Å²) in [5.41, 5.74) is 7.82. The molecular weight excluding hydrogens is 476 g/mol. The van der Waals surface area contributed by atoms with E-state index in [-0.39, 0.29) is 28.7 Å². The van der Waals surface area contributed by atoms with Crippen molar-refractivity contribution in [2.24, 2.45) is 0 Å². The number of nitrogen functional groups attached to an aromatic ring is 1. The zero-order valence-corrected chi connectivity index (χ0v) is 21.2. The summed E-state index contributed by atoms with van der Waals surface area (Å²) in [6.45, 7) is 4.84. The smallest absolute Gasteiger partial charge is 0.255 e. The van der Waals surface area contributed by atoms with Crippen molar-refractivity contribution in [2.45, 2.75) is 38.6 Å². The summed E-state index contributed by atoms with van der Waals surface area (Å²) in [5.74, 6) is -1.68. The Labute approximate surface area is 215 Å².